The first-order valence-corrected chi connectivity index (χ1v) is 9.38. The van der Waals surface area contributed by atoms with Crippen molar-refractivity contribution < 1.29 is 19.4 Å². The molecule has 0 saturated carbocycles. The van der Waals surface area contributed by atoms with E-state index in [0.717, 1.165) is 9.78 Å². The van der Waals surface area contributed by atoms with E-state index in [9.17, 15) is 14.9 Å². The summed E-state index contributed by atoms with van der Waals surface area (Å²) in [4.78, 5) is 25.2. The second kappa shape index (κ2) is 9.50. The third-order valence-corrected chi connectivity index (χ3v) is 5.33. The van der Waals surface area contributed by atoms with E-state index in [0.29, 0.717) is 23.1 Å². The molecule has 2 N–H and O–H groups in total. The summed E-state index contributed by atoms with van der Waals surface area (Å²) in [5, 5.41) is 13.7. The molecule has 9 heteroatoms. The van der Waals surface area contributed by atoms with Gasteiger partial charge in [-0.1, -0.05) is 18.2 Å². The van der Waals surface area contributed by atoms with Crippen LogP contribution in [-0.2, 0) is 11.3 Å². The molecule has 1 aromatic carbocycles. The van der Waals surface area contributed by atoms with Crippen LogP contribution in [0.15, 0.2) is 43.0 Å². The molecule has 1 amide bonds. The van der Waals surface area contributed by atoms with E-state index in [1.54, 1.807) is 6.08 Å². The summed E-state index contributed by atoms with van der Waals surface area (Å²) < 4.78 is 5.87. The zero-order valence-electron chi connectivity index (χ0n) is 15.0. The maximum absolute atomic E-state index is 12.7. The van der Waals surface area contributed by atoms with Crippen molar-refractivity contribution in [3.8, 4) is 5.75 Å². The normalized spacial score (nSPS) is 12.9. The number of hydrogen-bond donors (Lipinski definition) is 2. The predicted molar refractivity (Wildman–Crippen MR) is 107 cm³/mol. The lowest BCUT2D eigenvalue weighted by Crippen LogP contribution is -3.15. The number of nitrogens with zero attached hydrogens (tertiary/aromatic N) is 1. The molecule has 0 aliphatic heterocycles. The highest BCUT2D eigenvalue weighted by Gasteiger charge is 2.26. The zero-order chi connectivity index (χ0) is 20.0. The largest absolute Gasteiger partial charge is 0.494 e. The van der Waals surface area contributed by atoms with Gasteiger partial charge in [-0.05, 0) is 31.2 Å². The SMILES string of the molecule is C=CC[NH+](Cc1ccc(Cl)s1)[C@H](C)C(=O)Nc1ccc([N+](=O)[O-])cc1OC. The van der Waals surface area contributed by atoms with E-state index in [4.69, 9.17) is 16.3 Å². The molecule has 0 saturated heterocycles. The summed E-state index contributed by atoms with van der Waals surface area (Å²) in [5.74, 6) is 0.0155. The molecule has 27 heavy (non-hydrogen) atoms. The number of thiophene rings is 1. The smallest absolute Gasteiger partial charge is 0.282 e. The van der Waals surface area contributed by atoms with Crippen molar-refractivity contribution in [3.63, 3.8) is 0 Å². The first kappa shape index (κ1) is 20.9. The van der Waals surface area contributed by atoms with Gasteiger partial charge in [0.2, 0.25) is 0 Å². The number of anilines is 1. The van der Waals surface area contributed by atoms with Gasteiger partial charge in [0.25, 0.3) is 11.6 Å². The Kier molecular flexibility index (Phi) is 7.35. The number of rotatable bonds is 9. The minimum Gasteiger partial charge on any atom is -0.494 e. The van der Waals surface area contributed by atoms with Crippen LogP contribution in [0.5, 0.6) is 5.75 Å². The fourth-order valence-electron chi connectivity index (χ4n) is 2.58. The van der Waals surface area contributed by atoms with Crippen LogP contribution in [0, 0.1) is 10.1 Å². The van der Waals surface area contributed by atoms with E-state index in [1.807, 2.05) is 19.1 Å². The van der Waals surface area contributed by atoms with Crippen LogP contribution in [-0.4, -0.2) is 30.5 Å². The molecule has 2 aromatic rings. The summed E-state index contributed by atoms with van der Waals surface area (Å²) in [5.41, 5.74) is 0.281. The fraction of sp³-hybridized carbons (Fsp3) is 0.278. The van der Waals surface area contributed by atoms with Crippen molar-refractivity contribution >= 4 is 40.2 Å². The maximum Gasteiger partial charge on any atom is 0.282 e. The van der Waals surface area contributed by atoms with Crippen LogP contribution in [0.25, 0.3) is 0 Å². The van der Waals surface area contributed by atoms with Crippen LogP contribution in [0.1, 0.15) is 11.8 Å². The van der Waals surface area contributed by atoms with E-state index in [1.165, 1.54) is 36.6 Å². The lowest BCUT2D eigenvalue weighted by molar-refractivity contribution is -0.921. The van der Waals surface area contributed by atoms with Crippen LogP contribution < -0.4 is 15.0 Å². The Balaban J connectivity index is 2.14. The van der Waals surface area contributed by atoms with Crippen LogP contribution in [0.3, 0.4) is 0 Å². The number of nitrogens with one attached hydrogen (secondary N) is 2. The number of carbonyl (C=O) groups excluding carboxylic acids is 1. The van der Waals surface area contributed by atoms with E-state index < -0.39 is 4.92 Å². The molecule has 0 fully saturated rings. The molecule has 2 atom stereocenters. The molecule has 0 bridgehead atoms. The molecule has 0 spiro atoms. The topological polar surface area (TPSA) is 85.9 Å². The average molecular weight is 411 g/mol. The molecule has 1 unspecified atom stereocenters. The van der Waals surface area contributed by atoms with Crippen molar-refractivity contribution in [2.45, 2.75) is 19.5 Å². The van der Waals surface area contributed by atoms with Crippen molar-refractivity contribution in [2.24, 2.45) is 0 Å². The van der Waals surface area contributed by atoms with Crippen LogP contribution in [0.4, 0.5) is 11.4 Å². The standard InChI is InChI=1S/C18H20ClN3O4S/c1-4-9-21(11-14-6-8-17(19)27-14)12(2)18(23)20-15-7-5-13(22(24)25)10-16(15)26-3/h4-8,10,12H,1,9,11H2,2-3H3,(H,20,23)/p+1/t12-/m1/s1. The summed E-state index contributed by atoms with van der Waals surface area (Å²) in [6, 6.07) is 7.46. The molecule has 1 heterocycles. The molecular weight excluding hydrogens is 390 g/mol. The van der Waals surface area contributed by atoms with Gasteiger partial charge in [0.05, 0.1) is 39.5 Å². The summed E-state index contributed by atoms with van der Waals surface area (Å²) in [6.45, 7) is 6.82. The van der Waals surface area contributed by atoms with E-state index >= 15 is 0 Å². The predicted octanol–water partition coefficient (Wildman–Crippen LogP) is 2.92. The molecule has 0 radical (unpaired) electrons. The number of quaternary nitrogens is 1. The third kappa shape index (κ3) is 5.53. The third-order valence-electron chi connectivity index (χ3n) is 4.10. The summed E-state index contributed by atoms with van der Waals surface area (Å²) in [6.07, 6.45) is 1.76. The second-order valence-electron chi connectivity index (χ2n) is 5.89. The van der Waals surface area contributed by atoms with Gasteiger partial charge in [0.15, 0.2) is 6.04 Å². The summed E-state index contributed by atoms with van der Waals surface area (Å²) in [7, 11) is 1.40. The number of benzene rings is 1. The van der Waals surface area contributed by atoms with Gasteiger partial charge < -0.3 is 15.0 Å². The van der Waals surface area contributed by atoms with Crippen molar-refractivity contribution in [1.82, 2.24) is 0 Å². The van der Waals surface area contributed by atoms with Gasteiger partial charge in [-0.25, -0.2) is 0 Å². The molecular formula is C18H21ClN3O4S+. The van der Waals surface area contributed by atoms with Crippen molar-refractivity contribution in [1.29, 1.82) is 0 Å². The van der Waals surface area contributed by atoms with Gasteiger partial charge >= 0.3 is 0 Å². The van der Waals surface area contributed by atoms with Gasteiger partial charge in [-0.2, -0.15) is 0 Å². The Hall–Kier alpha value is -2.42. The lowest BCUT2D eigenvalue weighted by Gasteiger charge is -2.24. The Labute approximate surface area is 166 Å². The fourth-order valence-corrected chi connectivity index (χ4v) is 3.72. The van der Waals surface area contributed by atoms with Crippen LogP contribution in [0.2, 0.25) is 4.34 Å². The maximum atomic E-state index is 12.7. The Morgan fingerprint density at radius 1 is 1.48 bits per heavy atom. The quantitative estimate of drug-likeness (QED) is 0.378. The Morgan fingerprint density at radius 2 is 2.22 bits per heavy atom. The van der Waals surface area contributed by atoms with Crippen molar-refractivity contribution in [2.75, 3.05) is 19.0 Å². The molecule has 2 rings (SSSR count). The number of methoxy groups -OCH3 is 1. The van der Waals surface area contributed by atoms with Gasteiger partial charge in [0.1, 0.15) is 12.3 Å². The van der Waals surface area contributed by atoms with E-state index in [2.05, 4.69) is 11.9 Å². The van der Waals surface area contributed by atoms with Crippen LogP contribution >= 0.6 is 22.9 Å². The highest BCUT2D eigenvalue weighted by atomic mass is 35.5. The minimum absolute atomic E-state index is 0.105. The number of nitro benzene ring substituents is 1. The lowest BCUT2D eigenvalue weighted by atomic mass is 10.2. The Morgan fingerprint density at radius 3 is 2.78 bits per heavy atom. The second-order valence-corrected chi connectivity index (χ2v) is 7.69. The average Bonchev–Trinajstić information content (AvgIpc) is 3.05. The van der Waals surface area contributed by atoms with Gasteiger partial charge in [0, 0.05) is 6.07 Å². The minimum atomic E-state index is -0.515. The highest BCUT2D eigenvalue weighted by molar-refractivity contribution is 7.16. The van der Waals surface area contributed by atoms with Gasteiger partial charge in [-0.15, -0.1) is 11.3 Å². The first-order valence-electron chi connectivity index (χ1n) is 8.18. The number of non-ortho nitro benzene ring substituents is 1. The number of amides is 1. The number of hydrogen-bond acceptors (Lipinski definition) is 5. The van der Waals surface area contributed by atoms with E-state index in [-0.39, 0.29) is 23.4 Å². The number of carbonyl (C=O) groups is 1. The number of halogens is 1. The molecule has 7 nitrogen and oxygen atoms in total. The number of ether oxygens (including phenoxy) is 1. The first-order chi connectivity index (χ1) is 12.8. The van der Waals surface area contributed by atoms with Crippen molar-refractivity contribution in [3.05, 3.63) is 62.3 Å². The highest BCUT2D eigenvalue weighted by Crippen LogP contribution is 2.29. The Bertz CT molecular complexity index is 840. The van der Waals surface area contributed by atoms with Gasteiger partial charge in [-0.3, -0.25) is 14.9 Å². The molecule has 144 valence electrons. The monoisotopic (exact) mass is 410 g/mol. The number of nitro groups is 1. The molecule has 1 aromatic heterocycles. The zero-order valence-corrected chi connectivity index (χ0v) is 16.6. The summed E-state index contributed by atoms with van der Waals surface area (Å²) >= 11 is 7.47. The molecule has 0 aliphatic rings. The molecule has 0 aliphatic carbocycles.